The maximum atomic E-state index is 6.07. The highest BCUT2D eigenvalue weighted by Crippen LogP contribution is 2.49. The molecule has 100 valence electrons. The van der Waals surface area contributed by atoms with E-state index in [4.69, 9.17) is 4.74 Å². The molecule has 1 saturated carbocycles. The molecule has 2 atom stereocenters. The number of hydrogen-bond donors (Lipinski definition) is 1. The van der Waals surface area contributed by atoms with Crippen molar-refractivity contribution in [3.05, 3.63) is 0 Å². The maximum Gasteiger partial charge on any atom is 0.0672 e. The fourth-order valence-corrected chi connectivity index (χ4v) is 3.61. The number of thioether (sulfide) groups is 1. The van der Waals surface area contributed by atoms with E-state index in [1.165, 1.54) is 31.4 Å². The first-order valence-electron chi connectivity index (χ1n) is 7.02. The second-order valence-corrected chi connectivity index (χ2v) is 7.01. The van der Waals surface area contributed by atoms with Crippen LogP contribution in [0.25, 0.3) is 0 Å². The van der Waals surface area contributed by atoms with Crippen LogP contribution in [0.15, 0.2) is 0 Å². The van der Waals surface area contributed by atoms with Crippen molar-refractivity contribution in [2.75, 3.05) is 25.2 Å². The van der Waals surface area contributed by atoms with Gasteiger partial charge in [0.05, 0.1) is 6.10 Å². The molecule has 0 aromatic heterocycles. The van der Waals surface area contributed by atoms with Crippen molar-refractivity contribution in [3.8, 4) is 0 Å². The lowest BCUT2D eigenvalue weighted by atomic mass is 9.76. The molecule has 17 heavy (non-hydrogen) atoms. The van der Waals surface area contributed by atoms with Gasteiger partial charge in [-0.25, -0.2) is 0 Å². The van der Waals surface area contributed by atoms with Crippen LogP contribution in [0.2, 0.25) is 0 Å². The number of rotatable bonds is 7. The molecule has 1 N–H and O–H groups in total. The summed E-state index contributed by atoms with van der Waals surface area (Å²) in [7, 11) is 0. The van der Waals surface area contributed by atoms with Crippen molar-refractivity contribution in [3.63, 3.8) is 0 Å². The molecule has 0 spiro atoms. The fraction of sp³-hybridized carbons (Fsp3) is 1.00. The van der Waals surface area contributed by atoms with Crippen LogP contribution in [0.1, 0.15) is 39.5 Å². The van der Waals surface area contributed by atoms with Crippen molar-refractivity contribution >= 4 is 11.8 Å². The summed E-state index contributed by atoms with van der Waals surface area (Å²) in [4.78, 5) is 0. The van der Waals surface area contributed by atoms with Crippen LogP contribution in [-0.4, -0.2) is 37.3 Å². The first-order valence-corrected chi connectivity index (χ1v) is 8.41. The molecule has 1 heterocycles. The standard InChI is InChI=1S/C14H27NOS/c1-11(2)15-10-14(7-9-17-3)6-8-16-13(14)12-4-5-12/h11-13,15H,4-10H2,1-3H3. The monoisotopic (exact) mass is 257 g/mol. The van der Waals surface area contributed by atoms with E-state index in [0.717, 1.165) is 19.1 Å². The van der Waals surface area contributed by atoms with Crippen molar-refractivity contribution in [2.24, 2.45) is 11.3 Å². The molecule has 1 aliphatic heterocycles. The molecule has 3 heteroatoms. The van der Waals surface area contributed by atoms with Crippen LogP contribution in [0.4, 0.5) is 0 Å². The summed E-state index contributed by atoms with van der Waals surface area (Å²) in [6, 6.07) is 0.585. The van der Waals surface area contributed by atoms with E-state index in [1.807, 2.05) is 11.8 Å². The van der Waals surface area contributed by atoms with E-state index in [0.29, 0.717) is 17.6 Å². The summed E-state index contributed by atoms with van der Waals surface area (Å²) in [5.74, 6) is 2.14. The largest absolute Gasteiger partial charge is 0.377 e. The van der Waals surface area contributed by atoms with Crippen molar-refractivity contribution in [1.82, 2.24) is 5.32 Å². The van der Waals surface area contributed by atoms with Gasteiger partial charge in [-0.15, -0.1) is 0 Å². The van der Waals surface area contributed by atoms with Gasteiger partial charge in [-0.1, -0.05) is 13.8 Å². The van der Waals surface area contributed by atoms with Gasteiger partial charge in [0.1, 0.15) is 0 Å². The average Bonchev–Trinajstić information content (AvgIpc) is 3.06. The molecule has 2 aliphatic rings. The zero-order valence-corrected chi connectivity index (χ0v) is 12.3. The average molecular weight is 257 g/mol. The van der Waals surface area contributed by atoms with Gasteiger partial charge in [0.2, 0.25) is 0 Å². The van der Waals surface area contributed by atoms with E-state index in [2.05, 4.69) is 25.4 Å². The minimum Gasteiger partial charge on any atom is -0.377 e. The quantitative estimate of drug-likeness (QED) is 0.758. The zero-order valence-electron chi connectivity index (χ0n) is 11.5. The van der Waals surface area contributed by atoms with Gasteiger partial charge in [0, 0.05) is 24.6 Å². The second kappa shape index (κ2) is 5.94. The molecular formula is C14H27NOS. The Morgan fingerprint density at radius 2 is 2.18 bits per heavy atom. The van der Waals surface area contributed by atoms with Crippen molar-refractivity contribution < 1.29 is 4.74 Å². The molecule has 0 bridgehead atoms. The van der Waals surface area contributed by atoms with E-state index in [9.17, 15) is 0 Å². The lowest BCUT2D eigenvalue weighted by Gasteiger charge is -2.35. The van der Waals surface area contributed by atoms with Crippen LogP contribution in [0.5, 0.6) is 0 Å². The highest BCUT2D eigenvalue weighted by Gasteiger charge is 2.50. The van der Waals surface area contributed by atoms with E-state index in [-0.39, 0.29) is 0 Å². The van der Waals surface area contributed by atoms with E-state index in [1.54, 1.807) is 0 Å². The Morgan fingerprint density at radius 3 is 2.76 bits per heavy atom. The summed E-state index contributed by atoms with van der Waals surface area (Å²) >= 11 is 1.97. The van der Waals surface area contributed by atoms with E-state index >= 15 is 0 Å². The molecule has 2 fully saturated rings. The Balaban J connectivity index is 1.99. The van der Waals surface area contributed by atoms with Crippen LogP contribution in [0.3, 0.4) is 0 Å². The molecule has 2 unspecified atom stereocenters. The first kappa shape index (κ1) is 13.7. The Morgan fingerprint density at radius 1 is 1.41 bits per heavy atom. The Hall–Kier alpha value is 0.270. The topological polar surface area (TPSA) is 21.3 Å². The van der Waals surface area contributed by atoms with Gasteiger partial charge >= 0.3 is 0 Å². The third-order valence-electron chi connectivity index (χ3n) is 4.22. The Bertz CT molecular complexity index is 242. The van der Waals surface area contributed by atoms with Gasteiger partial charge in [-0.3, -0.25) is 0 Å². The normalized spacial score (nSPS) is 33.5. The lowest BCUT2D eigenvalue weighted by Crippen LogP contribution is -2.44. The SMILES string of the molecule is CSCCC1(CNC(C)C)CCOC1C1CC1. The summed E-state index contributed by atoms with van der Waals surface area (Å²) < 4.78 is 6.07. The number of hydrogen-bond acceptors (Lipinski definition) is 3. The zero-order chi connectivity index (χ0) is 12.3. The predicted octanol–water partition coefficient (Wildman–Crippen LogP) is 2.92. The number of nitrogens with one attached hydrogen (secondary N) is 1. The molecule has 1 aliphatic carbocycles. The molecule has 0 amide bonds. The summed E-state index contributed by atoms with van der Waals surface area (Å²) in [6.45, 7) is 6.61. The minimum atomic E-state index is 0.425. The van der Waals surface area contributed by atoms with Crippen molar-refractivity contribution in [1.29, 1.82) is 0 Å². The molecule has 0 radical (unpaired) electrons. The summed E-state index contributed by atoms with van der Waals surface area (Å²) in [5.41, 5.74) is 0.425. The summed E-state index contributed by atoms with van der Waals surface area (Å²) in [6.07, 6.45) is 8.12. The molecule has 1 saturated heterocycles. The van der Waals surface area contributed by atoms with Crippen molar-refractivity contribution in [2.45, 2.75) is 51.7 Å². The molecule has 2 nitrogen and oxygen atoms in total. The van der Waals surface area contributed by atoms with Gasteiger partial charge < -0.3 is 10.1 Å². The maximum absolute atomic E-state index is 6.07. The number of ether oxygens (including phenoxy) is 1. The van der Waals surface area contributed by atoms with Gasteiger partial charge in [-0.05, 0) is 43.6 Å². The van der Waals surface area contributed by atoms with Crippen LogP contribution < -0.4 is 5.32 Å². The third kappa shape index (κ3) is 3.39. The highest BCUT2D eigenvalue weighted by atomic mass is 32.2. The van der Waals surface area contributed by atoms with Gasteiger partial charge in [-0.2, -0.15) is 11.8 Å². The van der Waals surface area contributed by atoms with Crippen LogP contribution >= 0.6 is 11.8 Å². The first-order chi connectivity index (χ1) is 8.18. The van der Waals surface area contributed by atoms with Gasteiger partial charge in [0.25, 0.3) is 0 Å². The third-order valence-corrected chi connectivity index (χ3v) is 4.83. The van der Waals surface area contributed by atoms with Crippen LogP contribution in [-0.2, 0) is 4.74 Å². The Labute approximate surface area is 110 Å². The fourth-order valence-electron chi connectivity index (χ4n) is 3.00. The molecule has 0 aromatic rings. The Kier molecular flexibility index (Phi) is 4.79. The second-order valence-electron chi connectivity index (χ2n) is 6.02. The minimum absolute atomic E-state index is 0.425. The molecule has 0 aromatic carbocycles. The molecular weight excluding hydrogens is 230 g/mol. The summed E-state index contributed by atoms with van der Waals surface area (Å²) in [5, 5.41) is 3.66. The van der Waals surface area contributed by atoms with E-state index < -0.39 is 0 Å². The molecule has 2 rings (SSSR count). The highest BCUT2D eigenvalue weighted by molar-refractivity contribution is 7.98. The van der Waals surface area contributed by atoms with Crippen LogP contribution in [0, 0.1) is 11.3 Å². The van der Waals surface area contributed by atoms with Gasteiger partial charge in [0.15, 0.2) is 0 Å². The predicted molar refractivity (Wildman–Crippen MR) is 75.7 cm³/mol. The lowest BCUT2D eigenvalue weighted by molar-refractivity contribution is 0.0285. The smallest absolute Gasteiger partial charge is 0.0672 e.